The van der Waals surface area contributed by atoms with Gasteiger partial charge in [0.2, 0.25) is 11.8 Å². The van der Waals surface area contributed by atoms with Gasteiger partial charge in [0.25, 0.3) is 0 Å². The highest BCUT2D eigenvalue weighted by molar-refractivity contribution is 5.95. The molecule has 0 radical (unpaired) electrons. The summed E-state index contributed by atoms with van der Waals surface area (Å²) < 4.78 is 5.50. The third-order valence-electron chi connectivity index (χ3n) is 3.22. The number of hydrogen-bond donors (Lipinski definition) is 3. The molecular formula is C19H21N3O3. The monoisotopic (exact) mass is 339 g/mol. The van der Waals surface area contributed by atoms with E-state index in [1.807, 2.05) is 6.92 Å². The first kappa shape index (κ1) is 18.1. The van der Waals surface area contributed by atoms with Crippen LogP contribution in [0.3, 0.4) is 0 Å². The molecule has 0 aliphatic carbocycles. The summed E-state index contributed by atoms with van der Waals surface area (Å²) in [7, 11) is 0. The third kappa shape index (κ3) is 6.02. The van der Waals surface area contributed by atoms with Crippen molar-refractivity contribution in [3.8, 4) is 5.75 Å². The predicted octanol–water partition coefficient (Wildman–Crippen LogP) is 2.79. The van der Waals surface area contributed by atoms with E-state index >= 15 is 0 Å². The van der Waals surface area contributed by atoms with Crippen LogP contribution in [0.25, 0.3) is 0 Å². The van der Waals surface area contributed by atoms with E-state index in [0.29, 0.717) is 29.3 Å². The Balaban J connectivity index is 1.84. The number of anilines is 2. The number of nitrogens with one attached hydrogen (secondary N) is 2. The van der Waals surface area contributed by atoms with Gasteiger partial charge < -0.3 is 21.1 Å². The molecule has 4 N–H and O–H groups in total. The van der Waals surface area contributed by atoms with Crippen LogP contribution in [0, 0.1) is 0 Å². The molecule has 0 atom stereocenters. The van der Waals surface area contributed by atoms with Gasteiger partial charge in [-0.3, -0.25) is 9.59 Å². The smallest absolute Gasteiger partial charge is 0.248 e. The summed E-state index contributed by atoms with van der Waals surface area (Å²) >= 11 is 0. The van der Waals surface area contributed by atoms with Crippen LogP contribution in [0.15, 0.2) is 60.7 Å². The van der Waals surface area contributed by atoms with Gasteiger partial charge >= 0.3 is 0 Å². The van der Waals surface area contributed by atoms with Crippen molar-refractivity contribution in [1.82, 2.24) is 0 Å². The van der Waals surface area contributed by atoms with Crippen molar-refractivity contribution in [2.45, 2.75) is 6.92 Å². The minimum atomic E-state index is -0.512. The van der Waals surface area contributed by atoms with Crippen LogP contribution in [0.5, 0.6) is 5.75 Å². The highest BCUT2D eigenvalue weighted by Crippen LogP contribution is 2.16. The average Bonchev–Trinajstić information content (AvgIpc) is 2.59. The van der Waals surface area contributed by atoms with E-state index in [2.05, 4.69) is 17.2 Å². The Hall–Kier alpha value is -3.28. The van der Waals surface area contributed by atoms with Gasteiger partial charge in [0, 0.05) is 16.9 Å². The fourth-order valence-electron chi connectivity index (χ4n) is 2.01. The number of carbonyl (C=O) groups is 2. The lowest BCUT2D eigenvalue weighted by Gasteiger charge is -2.10. The molecule has 130 valence electrons. The Morgan fingerprint density at radius 1 is 1.12 bits per heavy atom. The summed E-state index contributed by atoms with van der Waals surface area (Å²) in [6, 6.07) is 13.8. The minimum Gasteiger partial charge on any atom is -0.489 e. The molecule has 0 saturated carbocycles. The van der Waals surface area contributed by atoms with Crippen LogP contribution in [-0.2, 0) is 4.79 Å². The zero-order valence-corrected chi connectivity index (χ0v) is 14.0. The summed E-state index contributed by atoms with van der Waals surface area (Å²) in [6.07, 6.45) is 0. The van der Waals surface area contributed by atoms with E-state index < -0.39 is 5.91 Å². The minimum absolute atomic E-state index is 0.0656. The fraction of sp³-hybridized carbons (Fsp3) is 0.158. The quantitative estimate of drug-likeness (QED) is 0.645. The first-order valence-corrected chi connectivity index (χ1v) is 7.75. The van der Waals surface area contributed by atoms with Crippen molar-refractivity contribution in [2.75, 3.05) is 23.8 Å². The number of ether oxygens (including phenoxy) is 1. The normalized spacial score (nSPS) is 9.96. The lowest BCUT2D eigenvalue weighted by atomic mass is 10.2. The second-order valence-corrected chi connectivity index (χ2v) is 5.62. The number of carbonyl (C=O) groups excluding carboxylic acids is 2. The maximum Gasteiger partial charge on any atom is 0.248 e. The van der Waals surface area contributed by atoms with Gasteiger partial charge in [-0.25, -0.2) is 0 Å². The van der Waals surface area contributed by atoms with Gasteiger partial charge in [-0.2, -0.15) is 0 Å². The number of nitrogens with two attached hydrogens (primary N) is 1. The molecule has 6 nitrogen and oxygen atoms in total. The molecule has 0 unspecified atom stereocenters. The Bertz CT molecular complexity index is 770. The average molecular weight is 339 g/mol. The van der Waals surface area contributed by atoms with E-state index in [9.17, 15) is 9.59 Å². The van der Waals surface area contributed by atoms with Gasteiger partial charge in [-0.15, -0.1) is 0 Å². The van der Waals surface area contributed by atoms with Gasteiger partial charge in [0.1, 0.15) is 12.4 Å². The Morgan fingerprint density at radius 3 is 2.48 bits per heavy atom. The van der Waals surface area contributed by atoms with Crippen molar-refractivity contribution in [2.24, 2.45) is 5.73 Å². The number of hydrogen-bond acceptors (Lipinski definition) is 4. The molecule has 2 rings (SSSR count). The first-order valence-electron chi connectivity index (χ1n) is 7.75. The molecule has 2 amide bonds. The van der Waals surface area contributed by atoms with Gasteiger partial charge in [0.15, 0.2) is 0 Å². The zero-order chi connectivity index (χ0) is 18.2. The molecule has 2 aromatic rings. The van der Waals surface area contributed by atoms with Crippen molar-refractivity contribution in [1.29, 1.82) is 0 Å². The van der Waals surface area contributed by atoms with Crippen LogP contribution in [0.4, 0.5) is 11.4 Å². The van der Waals surface area contributed by atoms with E-state index in [1.165, 1.54) is 0 Å². The maximum atomic E-state index is 12.0. The molecule has 2 aromatic carbocycles. The summed E-state index contributed by atoms with van der Waals surface area (Å²) in [5.74, 6) is -0.00969. The molecule has 0 bridgehead atoms. The van der Waals surface area contributed by atoms with E-state index in [1.54, 1.807) is 48.5 Å². The van der Waals surface area contributed by atoms with E-state index in [-0.39, 0.29) is 12.5 Å². The van der Waals surface area contributed by atoms with E-state index in [0.717, 1.165) is 5.57 Å². The van der Waals surface area contributed by atoms with Crippen LogP contribution in [-0.4, -0.2) is 25.0 Å². The number of primary amides is 1. The second-order valence-electron chi connectivity index (χ2n) is 5.62. The molecule has 0 spiro atoms. The molecule has 0 aliphatic heterocycles. The summed E-state index contributed by atoms with van der Waals surface area (Å²) in [5, 5.41) is 5.73. The molecule has 25 heavy (non-hydrogen) atoms. The van der Waals surface area contributed by atoms with E-state index in [4.69, 9.17) is 10.5 Å². The zero-order valence-electron chi connectivity index (χ0n) is 14.0. The van der Waals surface area contributed by atoms with Gasteiger partial charge in [-0.1, -0.05) is 12.6 Å². The molecule has 0 saturated heterocycles. The molecule has 0 aromatic heterocycles. The fourth-order valence-corrected chi connectivity index (χ4v) is 2.01. The standard InChI is InChI=1S/C19H21N3O3/c1-13(2)12-25-17-8-6-15(7-9-17)22-18(23)11-21-16-5-3-4-14(10-16)19(20)24/h3-10,21H,1,11-12H2,2H3,(H2,20,24)(H,22,23). The van der Waals surface area contributed by atoms with Crippen molar-refractivity contribution in [3.05, 3.63) is 66.2 Å². The number of rotatable bonds is 8. The topological polar surface area (TPSA) is 93.4 Å². The highest BCUT2D eigenvalue weighted by Gasteiger charge is 2.05. The lowest BCUT2D eigenvalue weighted by Crippen LogP contribution is -2.22. The third-order valence-corrected chi connectivity index (χ3v) is 3.22. The Kier molecular flexibility index (Phi) is 6.17. The van der Waals surface area contributed by atoms with Crippen molar-refractivity contribution >= 4 is 23.2 Å². The molecule has 0 aliphatic rings. The summed E-state index contributed by atoms with van der Waals surface area (Å²) in [4.78, 5) is 23.1. The van der Waals surface area contributed by atoms with Crippen LogP contribution in [0.1, 0.15) is 17.3 Å². The maximum absolute atomic E-state index is 12.0. The molecule has 0 fully saturated rings. The van der Waals surface area contributed by atoms with Crippen molar-refractivity contribution < 1.29 is 14.3 Å². The summed E-state index contributed by atoms with van der Waals surface area (Å²) in [5.41, 5.74) is 7.86. The van der Waals surface area contributed by atoms with Crippen LogP contribution >= 0.6 is 0 Å². The number of benzene rings is 2. The highest BCUT2D eigenvalue weighted by atomic mass is 16.5. The lowest BCUT2D eigenvalue weighted by molar-refractivity contribution is -0.114. The Labute approximate surface area is 146 Å². The largest absolute Gasteiger partial charge is 0.489 e. The SMILES string of the molecule is C=C(C)COc1ccc(NC(=O)CNc2cccc(C(N)=O)c2)cc1. The van der Waals surface area contributed by atoms with Crippen LogP contribution in [0.2, 0.25) is 0 Å². The molecule has 6 heteroatoms. The first-order chi connectivity index (χ1) is 11.9. The van der Waals surface area contributed by atoms with Crippen LogP contribution < -0.4 is 21.1 Å². The molecule has 0 heterocycles. The van der Waals surface area contributed by atoms with Gasteiger partial charge in [0.05, 0.1) is 6.54 Å². The second kappa shape index (κ2) is 8.54. The molecular weight excluding hydrogens is 318 g/mol. The number of amides is 2. The van der Waals surface area contributed by atoms with Gasteiger partial charge in [-0.05, 0) is 55.0 Å². The van der Waals surface area contributed by atoms with Crippen molar-refractivity contribution in [3.63, 3.8) is 0 Å². The Morgan fingerprint density at radius 2 is 1.84 bits per heavy atom. The summed E-state index contributed by atoms with van der Waals surface area (Å²) in [6.45, 7) is 6.19. The predicted molar refractivity (Wildman–Crippen MR) is 98.8 cm³/mol.